The summed E-state index contributed by atoms with van der Waals surface area (Å²) in [5, 5.41) is 22.4. The van der Waals surface area contributed by atoms with Gasteiger partial charge in [0.2, 0.25) is 5.95 Å². The fraction of sp³-hybridized carbons (Fsp3) is 0.462. The Morgan fingerprint density at radius 3 is 2.96 bits per heavy atom. The molecule has 0 spiro atoms. The average molecular weight is 355 g/mol. The summed E-state index contributed by atoms with van der Waals surface area (Å²) in [5.74, 6) is 2.38. The molecule has 24 heavy (non-hydrogen) atoms. The average Bonchev–Trinajstić information content (AvgIpc) is 3.00. The standard InChI is InChI=1S/C13H15ClN6O4/c1-5(21)7-8(22)13(16,2-3-14)11(24-7)20-4-17-6-9(20)18-12(15)19-10(6)23/h4-5,7-8,11,21-22H,16H2,1H3,(H3,15,18,19,23)/t5-,7+,8?,11+,13?/m0/s1. The van der Waals surface area contributed by atoms with Crippen LogP contribution in [0.5, 0.6) is 0 Å². The van der Waals surface area contributed by atoms with Crippen molar-refractivity contribution >= 4 is 28.7 Å². The third kappa shape index (κ3) is 2.34. The summed E-state index contributed by atoms with van der Waals surface area (Å²) in [6.45, 7) is 1.44. The lowest BCUT2D eigenvalue weighted by atomic mass is 9.90. The Balaban J connectivity index is 2.20. The summed E-state index contributed by atoms with van der Waals surface area (Å²) in [6.07, 6.45) is -3.22. The van der Waals surface area contributed by atoms with Crippen LogP contribution < -0.4 is 17.0 Å². The molecular formula is C13H15ClN6O4. The molecule has 2 aromatic rings. The molecule has 0 aromatic carbocycles. The molecule has 128 valence electrons. The fourth-order valence-electron chi connectivity index (χ4n) is 2.76. The van der Waals surface area contributed by atoms with Crippen molar-refractivity contribution in [2.75, 3.05) is 5.73 Å². The van der Waals surface area contributed by atoms with Gasteiger partial charge >= 0.3 is 0 Å². The van der Waals surface area contributed by atoms with Gasteiger partial charge in [-0.2, -0.15) is 4.98 Å². The van der Waals surface area contributed by atoms with E-state index >= 15 is 0 Å². The maximum Gasteiger partial charge on any atom is 0.280 e. The smallest absolute Gasteiger partial charge is 0.280 e. The molecule has 10 nitrogen and oxygen atoms in total. The molecule has 7 N–H and O–H groups in total. The number of rotatable bonds is 2. The van der Waals surface area contributed by atoms with E-state index in [0.29, 0.717) is 0 Å². The Labute approximate surface area is 140 Å². The Hall–Kier alpha value is -2.16. The van der Waals surface area contributed by atoms with E-state index in [-0.39, 0.29) is 17.1 Å². The lowest BCUT2D eigenvalue weighted by molar-refractivity contribution is -0.0756. The molecule has 0 amide bonds. The number of halogens is 1. The van der Waals surface area contributed by atoms with Gasteiger partial charge in [-0.3, -0.25) is 14.3 Å². The molecule has 1 fully saturated rings. The maximum atomic E-state index is 11.9. The van der Waals surface area contributed by atoms with E-state index in [0.717, 1.165) is 0 Å². The zero-order chi connectivity index (χ0) is 17.6. The van der Waals surface area contributed by atoms with E-state index in [1.54, 1.807) is 0 Å². The van der Waals surface area contributed by atoms with Gasteiger partial charge in [-0.15, -0.1) is 0 Å². The molecule has 3 heterocycles. The molecular weight excluding hydrogens is 340 g/mol. The van der Waals surface area contributed by atoms with Crippen LogP contribution in [-0.4, -0.2) is 53.6 Å². The number of aliphatic hydroxyl groups excluding tert-OH is 2. The second-order valence-corrected chi connectivity index (χ2v) is 5.76. The normalized spacial score (nSPS) is 31.0. The highest BCUT2D eigenvalue weighted by molar-refractivity contribution is 6.30. The van der Waals surface area contributed by atoms with Crippen LogP contribution in [0, 0.1) is 11.3 Å². The van der Waals surface area contributed by atoms with Gasteiger partial charge in [0, 0.05) is 5.38 Å². The second kappa shape index (κ2) is 5.73. The first-order chi connectivity index (χ1) is 11.3. The number of hydrogen-bond acceptors (Lipinski definition) is 8. The van der Waals surface area contributed by atoms with Crippen LogP contribution in [-0.2, 0) is 4.74 Å². The topological polar surface area (TPSA) is 165 Å². The van der Waals surface area contributed by atoms with E-state index in [9.17, 15) is 15.0 Å². The number of H-pyrrole nitrogens is 1. The van der Waals surface area contributed by atoms with Gasteiger partial charge in [0.1, 0.15) is 12.2 Å². The van der Waals surface area contributed by atoms with Crippen molar-refractivity contribution in [3.05, 3.63) is 16.7 Å². The first-order valence-electron chi connectivity index (χ1n) is 6.95. The number of nitrogen functional groups attached to an aromatic ring is 1. The van der Waals surface area contributed by atoms with E-state index in [1.807, 2.05) is 0 Å². The highest BCUT2D eigenvalue weighted by atomic mass is 35.5. The zero-order valence-corrected chi connectivity index (χ0v) is 13.2. The summed E-state index contributed by atoms with van der Waals surface area (Å²) < 4.78 is 7.01. The first-order valence-corrected chi connectivity index (χ1v) is 7.33. The number of hydrogen-bond donors (Lipinski definition) is 5. The predicted octanol–water partition coefficient (Wildman–Crippen LogP) is -1.76. The van der Waals surface area contributed by atoms with Crippen molar-refractivity contribution in [1.29, 1.82) is 0 Å². The molecule has 2 unspecified atom stereocenters. The summed E-state index contributed by atoms with van der Waals surface area (Å²) in [7, 11) is 0. The number of nitrogens with two attached hydrogens (primary N) is 2. The van der Waals surface area contributed by atoms with E-state index in [4.69, 9.17) is 27.8 Å². The lowest BCUT2D eigenvalue weighted by Gasteiger charge is -2.27. The highest BCUT2D eigenvalue weighted by Gasteiger charge is 2.56. The predicted molar refractivity (Wildman–Crippen MR) is 84.7 cm³/mol. The van der Waals surface area contributed by atoms with Crippen LogP contribution in [0.25, 0.3) is 11.2 Å². The monoisotopic (exact) mass is 354 g/mol. The van der Waals surface area contributed by atoms with Crippen LogP contribution in [0.2, 0.25) is 0 Å². The van der Waals surface area contributed by atoms with Crippen molar-refractivity contribution < 1.29 is 14.9 Å². The van der Waals surface area contributed by atoms with Crippen molar-refractivity contribution in [3.8, 4) is 11.3 Å². The molecule has 0 aliphatic carbocycles. The Morgan fingerprint density at radius 1 is 1.62 bits per heavy atom. The molecule has 0 bridgehead atoms. The summed E-state index contributed by atoms with van der Waals surface area (Å²) in [6, 6.07) is 0. The lowest BCUT2D eigenvalue weighted by Crippen LogP contribution is -2.54. The molecule has 11 heteroatoms. The minimum atomic E-state index is -1.66. The van der Waals surface area contributed by atoms with Gasteiger partial charge < -0.3 is 26.4 Å². The first kappa shape index (κ1) is 16.7. The number of anilines is 1. The maximum absolute atomic E-state index is 11.9. The number of aromatic amines is 1. The number of aliphatic hydroxyl groups is 2. The molecule has 2 aromatic heterocycles. The second-order valence-electron chi connectivity index (χ2n) is 5.57. The minimum absolute atomic E-state index is 0.0176. The van der Waals surface area contributed by atoms with E-state index in [2.05, 4.69) is 26.3 Å². The largest absolute Gasteiger partial charge is 0.391 e. The van der Waals surface area contributed by atoms with Crippen LogP contribution in [0.15, 0.2) is 11.1 Å². The van der Waals surface area contributed by atoms with Crippen LogP contribution >= 0.6 is 11.6 Å². The highest BCUT2D eigenvalue weighted by Crippen LogP contribution is 2.38. The summed E-state index contributed by atoms with van der Waals surface area (Å²) >= 11 is 5.47. The fourth-order valence-corrected chi connectivity index (χ4v) is 2.92. The van der Waals surface area contributed by atoms with Crippen molar-refractivity contribution in [2.24, 2.45) is 5.73 Å². The van der Waals surface area contributed by atoms with Gasteiger partial charge in [0.25, 0.3) is 5.56 Å². The van der Waals surface area contributed by atoms with Gasteiger partial charge in [0.15, 0.2) is 22.9 Å². The van der Waals surface area contributed by atoms with Crippen molar-refractivity contribution in [3.63, 3.8) is 0 Å². The molecule has 1 saturated heterocycles. The van der Waals surface area contributed by atoms with Crippen molar-refractivity contribution in [1.82, 2.24) is 19.5 Å². The molecule has 5 atom stereocenters. The minimum Gasteiger partial charge on any atom is -0.391 e. The van der Waals surface area contributed by atoms with E-state index < -0.39 is 35.6 Å². The summed E-state index contributed by atoms with van der Waals surface area (Å²) in [4.78, 5) is 22.2. The van der Waals surface area contributed by atoms with Crippen LogP contribution in [0.4, 0.5) is 5.95 Å². The molecule has 0 radical (unpaired) electrons. The van der Waals surface area contributed by atoms with Gasteiger partial charge in [-0.1, -0.05) is 5.92 Å². The SMILES string of the molecule is C[C@H](O)[C@H]1O[C@@H](n2cnc3c(=O)[nH]c(N)nc32)C(N)(C#CCl)C1O. The quantitative estimate of drug-likeness (QED) is 0.395. The molecule has 3 rings (SSSR count). The van der Waals surface area contributed by atoms with Crippen LogP contribution in [0.3, 0.4) is 0 Å². The van der Waals surface area contributed by atoms with Crippen molar-refractivity contribution in [2.45, 2.75) is 37.0 Å². The van der Waals surface area contributed by atoms with Gasteiger partial charge in [-0.05, 0) is 18.5 Å². The number of imidazole rings is 1. The zero-order valence-electron chi connectivity index (χ0n) is 12.5. The third-order valence-corrected chi connectivity index (χ3v) is 4.03. The summed E-state index contributed by atoms with van der Waals surface area (Å²) in [5.41, 5.74) is 9.70. The molecule has 0 saturated carbocycles. The number of nitrogens with zero attached hydrogens (tertiary/aromatic N) is 3. The molecule has 1 aliphatic heterocycles. The van der Waals surface area contributed by atoms with Gasteiger partial charge in [-0.25, -0.2) is 4.98 Å². The third-order valence-electron chi connectivity index (χ3n) is 3.94. The number of ether oxygens (including phenoxy) is 1. The Bertz CT molecular complexity index is 899. The van der Waals surface area contributed by atoms with Crippen LogP contribution in [0.1, 0.15) is 13.2 Å². The number of aromatic nitrogens is 4. The number of fused-ring (bicyclic) bond motifs is 1. The Morgan fingerprint density at radius 2 is 2.33 bits per heavy atom. The molecule has 1 aliphatic rings. The van der Waals surface area contributed by atoms with Gasteiger partial charge in [0.05, 0.1) is 12.4 Å². The Kier molecular flexibility index (Phi) is 3.98. The number of nitrogens with one attached hydrogen (secondary N) is 1. The van der Waals surface area contributed by atoms with E-state index in [1.165, 1.54) is 17.8 Å².